The number of carbonyl (C=O) groups is 1. The molecule has 1 aliphatic heterocycles. The van der Waals surface area contributed by atoms with Gasteiger partial charge in [-0.1, -0.05) is 0 Å². The largest absolute Gasteiger partial charge is 0.336 e. The predicted octanol–water partition coefficient (Wildman–Crippen LogP) is 1.95. The summed E-state index contributed by atoms with van der Waals surface area (Å²) in [5.74, 6) is 0.0469. The molecule has 0 spiro atoms. The summed E-state index contributed by atoms with van der Waals surface area (Å²) in [6.07, 6.45) is 4.99. The highest BCUT2D eigenvalue weighted by molar-refractivity contribution is 5.76. The van der Waals surface area contributed by atoms with Crippen molar-refractivity contribution >= 4 is 5.91 Å². The zero-order valence-electron chi connectivity index (χ0n) is 11.9. The van der Waals surface area contributed by atoms with E-state index in [1.165, 1.54) is 11.0 Å². The molecule has 0 radical (unpaired) electrons. The Kier molecular flexibility index (Phi) is 4.08. The van der Waals surface area contributed by atoms with Crippen LogP contribution in [-0.2, 0) is 11.3 Å². The van der Waals surface area contributed by atoms with E-state index >= 15 is 0 Å². The van der Waals surface area contributed by atoms with Crippen molar-refractivity contribution in [3.05, 3.63) is 34.2 Å². The highest BCUT2D eigenvalue weighted by atomic mass is 16.2. The van der Waals surface area contributed by atoms with E-state index in [0.717, 1.165) is 18.4 Å². The molecule has 0 N–H and O–H groups in total. The minimum absolute atomic E-state index is 0.0469. The van der Waals surface area contributed by atoms with Gasteiger partial charge >= 0.3 is 0 Å². The molecule has 1 amide bonds. The predicted molar refractivity (Wildman–Crippen MR) is 75.1 cm³/mol. The van der Waals surface area contributed by atoms with Gasteiger partial charge in [0, 0.05) is 24.3 Å². The van der Waals surface area contributed by atoms with Crippen LogP contribution in [0.15, 0.2) is 23.1 Å². The molecular weight excluding hydrogens is 240 g/mol. The first-order chi connectivity index (χ1) is 8.99. The summed E-state index contributed by atoms with van der Waals surface area (Å²) in [6.45, 7) is 6.20. The number of hydrogen-bond acceptors (Lipinski definition) is 2. The fraction of sp³-hybridized carbons (Fsp3) is 0.600. The first-order valence-corrected chi connectivity index (χ1v) is 6.97. The van der Waals surface area contributed by atoms with Crippen molar-refractivity contribution in [2.75, 3.05) is 0 Å². The molecule has 1 saturated heterocycles. The Morgan fingerprint density at radius 1 is 1.32 bits per heavy atom. The molecule has 1 aromatic heterocycles. The van der Waals surface area contributed by atoms with Crippen molar-refractivity contribution in [1.82, 2.24) is 9.47 Å². The number of rotatable bonds is 2. The summed E-state index contributed by atoms with van der Waals surface area (Å²) >= 11 is 0. The van der Waals surface area contributed by atoms with Crippen LogP contribution >= 0.6 is 0 Å². The van der Waals surface area contributed by atoms with E-state index in [-0.39, 0.29) is 30.1 Å². The van der Waals surface area contributed by atoms with E-state index in [1.54, 1.807) is 12.3 Å². The van der Waals surface area contributed by atoms with Crippen LogP contribution in [-0.4, -0.2) is 27.5 Å². The maximum atomic E-state index is 12.4. The zero-order chi connectivity index (χ0) is 14.0. The molecule has 2 unspecified atom stereocenters. The summed E-state index contributed by atoms with van der Waals surface area (Å²) < 4.78 is 1.49. The Bertz CT molecular complexity index is 511. The van der Waals surface area contributed by atoms with Crippen molar-refractivity contribution in [3.8, 4) is 0 Å². The Labute approximate surface area is 114 Å². The fourth-order valence-corrected chi connectivity index (χ4v) is 2.88. The SMILES string of the molecule is Cc1ccn(CC(=O)N2C(C)CCCC2C)c(=O)c1. The highest BCUT2D eigenvalue weighted by Crippen LogP contribution is 2.22. The molecule has 19 heavy (non-hydrogen) atoms. The maximum Gasteiger partial charge on any atom is 0.251 e. The number of aryl methyl sites for hydroxylation is 1. The average molecular weight is 262 g/mol. The van der Waals surface area contributed by atoms with Crippen LogP contribution in [0, 0.1) is 6.92 Å². The molecule has 1 aliphatic rings. The van der Waals surface area contributed by atoms with Crippen molar-refractivity contribution in [2.45, 2.75) is 58.7 Å². The van der Waals surface area contributed by atoms with E-state index in [2.05, 4.69) is 13.8 Å². The van der Waals surface area contributed by atoms with Crippen molar-refractivity contribution < 1.29 is 4.79 Å². The molecule has 0 aromatic carbocycles. The summed E-state index contributed by atoms with van der Waals surface area (Å²) in [4.78, 5) is 26.1. The van der Waals surface area contributed by atoms with Crippen molar-refractivity contribution in [2.24, 2.45) is 0 Å². The third-order valence-corrected chi connectivity index (χ3v) is 3.94. The number of nitrogens with zero attached hydrogens (tertiary/aromatic N) is 2. The quantitative estimate of drug-likeness (QED) is 0.817. The second-order valence-corrected chi connectivity index (χ2v) is 5.60. The van der Waals surface area contributed by atoms with Gasteiger partial charge < -0.3 is 9.47 Å². The Morgan fingerprint density at radius 2 is 1.95 bits per heavy atom. The van der Waals surface area contributed by atoms with E-state index in [4.69, 9.17) is 0 Å². The van der Waals surface area contributed by atoms with E-state index in [1.807, 2.05) is 17.9 Å². The monoisotopic (exact) mass is 262 g/mol. The second kappa shape index (κ2) is 5.59. The number of hydrogen-bond donors (Lipinski definition) is 0. The van der Waals surface area contributed by atoms with Crippen molar-refractivity contribution in [1.29, 1.82) is 0 Å². The summed E-state index contributed by atoms with van der Waals surface area (Å²) in [5.41, 5.74) is 0.819. The molecule has 1 aromatic rings. The van der Waals surface area contributed by atoms with E-state index in [9.17, 15) is 9.59 Å². The molecule has 2 atom stereocenters. The van der Waals surface area contributed by atoms with Crippen LogP contribution in [0.3, 0.4) is 0 Å². The van der Waals surface area contributed by atoms with Gasteiger partial charge in [-0.3, -0.25) is 9.59 Å². The van der Waals surface area contributed by atoms with Gasteiger partial charge in [0.15, 0.2) is 0 Å². The van der Waals surface area contributed by atoms with Gasteiger partial charge in [-0.15, -0.1) is 0 Å². The lowest BCUT2D eigenvalue weighted by atomic mass is 9.97. The van der Waals surface area contributed by atoms with Gasteiger partial charge in [-0.05, 0) is 51.7 Å². The average Bonchev–Trinajstić information content (AvgIpc) is 2.32. The van der Waals surface area contributed by atoms with Crippen LogP contribution in [0.2, 0.25) is 0 Å². The van der Waals surface area contributed by atoms with Crippen LogP contribution in [0.1, 0.15) is 38.7 Å². The Hall–Kier alpha value is -1.58. The Balaban J connectivity index is 2.14. The molecule has 104 valence electrons. The minimum Gasteiger partial charge on any atom is -0.336 e. The molecular formula is C15H22N2O2. The first-order valence-electron chi connectivity index (χ1n) is 6.97. The number of likely N-dealkylation sites (tertiary alicyclic amines) is 1. The topological polar surface area (TPSA) is 42.3 Å². The molecule has 0 aliphatic carbocycles. The highest BCUT2D eigenvalue weighted by Gasteiger charge is 2.28. The summed E-state index contributed by atoms with van der Waals surface area (Å²) in [6, 6.07) is 3.98. The number of piperidine rings is 1. The van der Waals surface area contributed by atoms with Crippen LogP contribution < -0.4 is 5.56 Å². The first kappa shape index (κ1) is 13.8. The fourth-order valence-electron chi connectivity index (χ4n) is 2.88. The van der Waals surface area contributed by atoms with E-state index < -0.39 is 0 Å². The van der Waals surface area contributed by atoms with Gasteiger partial charge in [0.05, 0.1) is 0 Å². The summed E-state index contributed by atoms with van der Waals surface area (Å²) in [7, 11) is 0. The molecule has 4 heteroatoms. The third-order valence-electron chi connectivity index (χ3n) is 3.94. The van der Waals surface area contributed by atoms with Crippen molar-refractivity contribution in [3.63, 3.8) is 0 Å². The standard InChI is InChI=1S/C15H22N2O2/c1-11-7-8-16(14(18)9-11)10-15(19)17-12(2)5-4-6-13(17)3/h7-9,12-13H,4-6,10H2,1-3H3. The second-order valence-electron chi connectivity index (χ2n) is 5.60. The smallest absolute Gasteiger partial charge is 0.251 e. The zero-order valence-corrected chi connectivity index (χ0v) is 11.9. The molecule has 4 nitrogen and oxygen atoms in total. The van der Waals surface area contributed by atoms with Gasteiger partial charge in [-0.2, -0.15) is 0 Å². The summed E-state index contributed by atoms with van der Waals surface area (Å²) in [5, 5.41) is 0. The molecule has 2 rings (SSSR count). The number of carbonyl (C=O) groups excluding carboxylic acids is 1. The molecule has 1 fully saturated rings. The lowest BCUT2D eigenvalue weighted by Crippen LogP contribution is -2.49. The maximum absolute atomic E-state index is 12.4. The number of pyridine rings is 1. The molecule has 2 heterocycles. The van der Waals surface area contributed by atoms with Gasteiger partial charge in [0.25, 0.3) is 5.56 Å². The van der Waals surface area contributed by atoms with Gasteiger partial charge in [0.1, 0.15) is 6.54 Å². The minimum atomic E-state index is -0.106. The van der Waals surface area contributed by atoms with E-state index in [0.29, 0.717) is 0 Å². The molecule has 0 bridgehead atoms. The van der Waals surface area contributed by atoms with Crippen LogP contribution in [0.4, 0.5) is 0 Å². The number of amides is 1. The van der Waals surface area contributed by atoms with Crippen LogP contribution in [0.25, 0.3) is 0 Å². The van der Waals surface area contributed by atoms with Gasteiger partial charge in [-0.25, -0.2) is 0 Å². The van der Waals surface area contributed by atoms with Crippen LogP contribution in [0.5, 0.6) is 0 Å². The lowest BCUT2D eigenvalue weighted by Gasteiger charge is -2.39. The van der Waals surface area contributed by atoms with Gasteiger partial charge in [0.2, 0.25) is 5.91 Å². The lowest BCUT2D eigenvalue weighted by molar-refractivity contribution is -0.138. The number of aromatic nitrogens is 1. The third kappa shape index (κ3) is 3.06. The normalized spacial score (nSPS) is 23.4. The Morgan fingerprint density at radius 3 is 2.53 bits per heavy atom. The molecule has 0 saturated carbocycles.